The second kappa shape index (κ2) is 4.78. The molecule has 5 heteroatoms. The van der Waals surface area contributed by atoms with Crippen molar-refractivity contribution in [1.29, 1.82) is 0 Å². The van der Waals surface area contributed by atoms with Crippen molar-refractivity contribution < 1.29 is 4.39 Å². The van der Waals surface area contributed by atoms with E-state index in [9.17, 15) is 4.39 Å². The van der Waals surface area contributed by atoms with Crippen LogP contribution < -0.4 is 11.1 Å². The summed E-state index contributed by atoms with van der Waals surface area (Å²) >= 11 is 0. The first-order valence-corrected chi connectivity index (χ1v) is 5.24. The monoisotopic (exact) mass is 232 g/mol. The van der Waals surface area contributed by atoms with E-state index < -0.39 is 0 Å². The van der Waals surface area contributed by atoms with Gasteiger partial charge in [0.05, 0.1) is 24.1 Å². The van der Waals surface area contributed by atoms with Gasteiger partial charge in [0.15, 0.2) is 0 Å². The highest BCUT2D eigenvalue weighted by molar-refractivity contribution is 5.37. The fourth-order valence-corrected chi connectivity index (χ4v) is 1.47. The molecule has 4 nitrogen and oxygen atoms in total. The largest absolute Gasteiger partial charge is 0.396 e. The molecule has 3 N–H and O–H groups in total. The van der Waals surface area contributed by atoms with Crippen molar-refractivity contribution in [2.45, 2.75) is 13.0 Å². The Hall–Kier alpha value is -2.17. The first kappa shape index (κ1) is 11.3. The molecule has 1 aromatic carbocycles. The lowest BCUT2D eigenvalue weighted by Crippen LogP contribution is -2.09. The van der Waals surface area contributed by atoms with Crippen LogP contribution in [0.5, 0.6) is 0 Å². The van der Waals surface area contributed by atoms with Crippen LogP contribution in [0.2, 0.25) is 0 Å². The van der Waals surface area contributed by atoms with Gasteiger partial charge in [-0.1, -0.05) is 12.1 Å². The van der Waals surface area contributed by atoms with Crippen molar-refractivity contribution >= 4 is 11.6 Å². The summed E-state index contributed by atoms with van der Waals surface area (Å²) in [4.78, 5) is 8.05. The van der Waals surface area contributed by atoms with Gasteiger partial charge in [-0.2, -0.15) is 0 Å². The number of halogens is 1. The second-order valence-electron chi connectivity index (χ2n) is 3.76. The van der Waals surface area contributed by atoms with Gasteiger partial charge in [-0.15, -0.1) is 0 Å². The Labute approximate surface area is 98.7 Å². The SMILES string of the molecule is CC(Nc1ncc(N)cn1)c1cccc(F)c1. The van der Waals surface area contributed by atoms with Gasteiger partial charge in [-0.3, -0.25) is 0 Å². The molecule has 0 aliphatic carbocycles. The van der Waals surface area contributed by atoms with Crippen LogP contribution in [-0.4, -0.2) is 9.97 Å². The lowest BCUT2D eigenvalue weighted by molar-refractivity contribution is 0.623. The molecule has 0 amide bonds. The molecule has 0 aliphatic heterocycles. The van der Waals surface area contributed by atoms with Gasteiger partial charge in [0, 0.05) is 0 Å². The summed E-state index contributed by atoms with van der Waals surface area (Å²) in [5, 5.41) is 3.07. The van der Waals surface area contributed by atoms with Crippen molar-refractivity contribution in [3.05, 3.63) is 48.0 Å². The molecule has 2 rings (SSSR count). The zero-order valence-corrected chi connectivity index (χ0v) is 9.39. The molecular weight excluding hydrogens is 219 g/mol. The minimum Gasteiger partial charge on any atom is -0.396 e. The maximum Gasteiger partial charge on any atom is 0.223 e. The van der Waals surface area contributed by atoms with Crippen molar-refractivity contribution in [2.24, 2.45) is 0 Å². The van der Waals surface area contributed by atoms with E-state index in [1.54, 1.807) is 6.07 Å². The summed E-state index contributed by atoms with van der Waals surface area (Å²) in [5.41, 5.74) is 6.83. The highest BCUT2D eigenvalue weighted by Gasteiger charge is 2.07. The van der Waals surface area contributed by atoms with E-state index in [1.165, 1.54) is 24.5 Å². The Balaban J connectivity index is 2.11. The first-order chi connectivity index (χ1) is 8.15. The third kappa shape index (κ3) is 2.90. The highest BCUT2D eigenvalue weighted by Crippen LogP contribution is 2.17. The van der Waals surface area contributed by atoms with Crippen LogP contribution in [0.25, 0.3) is 0 Å². The van der Waals surface area contributed by atoms with Gasteiger partial charge in [0.2, 0.25) is 5.95 Å². The molecule has 1 atom stereocenters. The van der Waals surface area contributed by atoms with Crippen LogP contribution in [0.1, 0.15) is 18.5 Å². The maximum atomic E-state index is 13.0. The number of benzene rings is 1. The number of anilines is 2. The van der Waals surface area contributed by atoms with E-state index in [-0.39, 0.29) is 11.9 Å². The Morgan fingerprint density at radius 2 is 2.00 bits per heavy atom. The Bertz CT molecular complexity index is 498. The average molecular weight is 232 g/mol. The van der Waals surface area contributed by atoms with E-state index in [4.69, 9.17) is 5.73 Å². The van der Waals surface area contributed by atoms with E-state index in [1.807, 2.05) is 13.0 Å². The highest BCUT2D eigenvalue weighted by atomic mass is 19.1. The Morgan fingerprint density at radius 1 is 1.29 bits per heavy atom. The normalized spacial score (nSPS) is 12.1. The molecule has 17 heavy (non-hydrogen) atoms. The van der Waals surface area contributed by atoms with Crippen LogP contribution in [0, 0.1) is 5.82 Å². The van der Waals surface area contributed by atoms with Crippen LogP contribution in [0.4, 0.5) is 16.0 Å². The Kier molecular flexibility index (Phi) is 3.18. The van der Waals surface area contributed by atoms with Gasteiger partial charge in [-0.25, -0.2) is 14.4 Å². The maximum absolute atomic E-state index is 13.0. The number of nitrogens with two attached hydrogens (primary N) is 1. The fourth-order valence-electron chi connectivity index (χ4n) is 1.47. The molecule has 1 aromatic heterocycles. The molecule has 1 heterocycles. The van der Waals surface area contributed by atoms with Crippen molar-refractivity contribution in [3.63, 3.8) is 0 Å². The molecule has 0 radical (unpaired) electrons. The molecule has 88 valence electrons. The molecule has 0 fully saturated rings. The molecular formula is C12H13FN4. The summed E-state index contributed by atoms with van der Waals surface area (Å²) in [6.07, 6.45) is 3.04. The van der Waals surface area contributed by atoms with Gasteiger partial charge in [0.25, 0.3) is 0 Å². The van der Waals surface area contributed by atoms with Crippen LogP contribution >= 0.6 is 0 Å². The number of hydrogen-bond acceptors (Lipinski definition) is 4. The number of aromatic nitrogens is 2. The topological polar surface area (TPSA) is 63.8 Å². The minimum atomic E-state index is -0.255. The number of rotatable bonds is 3. The summed E-state index contributed by atoms with van der Waals surface area (Å²) in [6.45, 7) is 1.91. The zero-order chi connectivity index (χ0) is 12.3. The van der Waals surface area contributed by atoms with Crippen LogP contribution in [0.3, 0.4) is 0 Å². The van der Waals surface area contributed by atoms with E-state index in [0.29, 0.717) is 11.6 Å². The summed E-state index contributed by atoms with van der Waals surface area (Å²) in [5.74, 6) is 0.213. The number of nitrogens with one attached hydrogen (secondary N) is 1. The summed E-state index contributed by atoms with van der Waals surface area (Å²) in [6, 6.07) is 6.34. The average Bonchev–Trinajstić information content (AvgIpc) is 2.32. The van der Waals surface area contributed by atoms with Crippen molar-refractivity contribution in [3.8, 4) is 0 Å². The van der Waals surface area contributed by atoms with Gasteiger partial charge >= 0.3 is 0 Å². The van der Waals surface area contributed by atoms with E-state index >= 15 is 0 Å². The lowest BCUT2D eigenvalue weighted by atomic mass is 10.1. The van der Waals surface area contributed by atoms with Crippen molar-refractivity contribution in [1.82, 2.24) is 9.97 Å². The third-order valence-corrected chi connectivity index (χ3v) is 2.37. The zero-order valence-electron chi connectivity index (χ0n) is 9.39. The first-order valence-electron chi connectivity index (χ1n) is 5.24. The van der Waals surface area contributed by atoms with E-state index in [0.717, 1.165) is 5.56 Å². The third-order valence-electron chi connectivity index (χ3n) is 2.37. The Morgan fingerprint density at radius 3 is 2.65 bits per heavy atom. The molecule has 0 aliphatic rings. The van der Waals surface area contributed by atoms with Crippen LogP contribution in [0.15, 0.2) is 36.7 Å². The number of nitrogen functional groups attached to an aromatic ring is 1. The molecule has 0 spiro atoms. The predicted octanol–water partition coefficient (Wildman–Crippen LogP) is 2.37. The molecule has 0 saturated carbocycles. The lowest BCUT2D eigenvalue weighted by Gasteiger charge is -2.14. The smallest absolute Gasteiger partial charge is 0.223 e. The molecule has 1 unspecified atom stereocenters. The summed E-state index contributed by atoms with van der Waals surface area (Å²) in [7, 11) is 0. The van der Waals surface area contributed by atoms with Gasteiger partial charge in [0.1, 0.15) is 5.82 Å². The fraction of sp³-hybridized carbons (Fsp3) is 0.167. The van der Waals surface area contributed by atoms with E-state index in [2.05, 4.69) is 15.3 Å². The molecule has 0 saturated heterocycles. The number of hydrogen-bond donors (Lipinski definition) is 2. The number of nitrogens with zero attached hydrogens (tertiary/aromatic N) is 2. The standard InChI is InChI=1S/C12H13FN4/c1-8(9-3-2-4-10(13)5-9)17-12-15-6-11(14)7-16-12/h2-8H,14H2,1H3,(H,15,16,17). The summed E-state index contributed by atoms with van der Waals surface area (Å²) < 4.78 is 13.0. The second-order valence-corrected chi connectivity index (χ2v) is 3.76. The van der Waals surface area contributed by atoms with Crippen molar-refractivity contribution in [2.75, 3.05) is 11.1 Å². The predicted molar refractivity (Wildman–Crippen MR) is 64.9 cm³/mol. The van der Waals surface area contributed by atoms with Gasteiger partial charge < -0.3 is 11.1 Å². The van der Waals surface area contributed by atoms with Crippen LogP contribution in [-0.2, 0) is 0 Å². The minimum absolute atomic E-state index is 0.0747. The molecule has 2 aromatic rings. The quantitative estimate of drug-likeness (QED) is 0.852. The molecule has 0 bridgehead atoms. The van der Waals surface area contributed by atoms with Gasteiger partial charge in [-0.05, 0) is 24.6 Å².